The fourth-order valence-corrected chi connectivity index (χ4v) is 3.31. The Bertz CT molecular complexity index is 1290. The van der Waals surface area contributed by atoms with Crippen molar-refractivity contribution in [2.45, 2.75) is 32.7 Å². The van der Waals surface area contributed by atoms with Crippen LogP contribution in [0.25, 0.3) is 22.6 Å². The van der Waals surface area contributed by atoms with E-state index < -0.39 is 5.56 Å². The SMILES string of the molecule is Cc1ccnc(-c2cc(CCCCn3c(=O)[nH]c4c(=O)[nH]c(N)nc43)ccn2)c1. The molecule has 0 bridgehead atoms. The molecule has 148 valence electrons. The molecule has 0 saturated carbocycles. The number of aromatic nitrogens is 6. The van der Waals surface area contributed by atoms with Crippen LogP contribution in [0, 0.1) is 6.92 Å². The number of pyridine rings is 2. The minimum absolute atomic E-state index is 0.00989. The van der Waals surface area contributed by atoms with Gasteiger partial charge in [-0.05, 0) is 61.6 Å². The molecule has 29 heavy (non-hydrogen) atoms. The molecule has 9 heteroatoms. The smallest absolute Gasteiger partial charge is 0.327 e. The number of rotatable bonds is 6. The Labute approximate surface area is 165 Å². The molecule has 0 amide bonds. The van der Waals surface area contributed by atoms with E-state index in [1.165, 1.54) is 4.57 Å². The van der Waals surface area contributed by atoms with Crippen LogP contribution in [0.3, 0.4) is 0 Å². The van der Waals surface area contributed by atoms with Gasteiger partial charge < -0.3 is 5.73 Å². The van der Waals surface area contributed by atoms with Crippen molar-refractivity contribution in [3.8, 4) is 11.4 Å². The Hall–Kier alpha value is -3.75. The number of H-pyrrole nitrogens is 2. The Kier molecular flexibility index (Phi) is 4.94. The summed E-state index contributed by atoms with van der Waals surface area (Å²) >= 11 is 0. The number of aromatic amines is 2. The number of nitrogens with one attached hydrogen (secondary N) is 2. The van der Waals surface area contributed by atoms with Gasteiger partial charge in [-0.3, -0.25) is 29.3 Å². The summed E-state index contributed by atoms with van der Waals surface area (Å²) in [7, 11) is 0. The van der Waals surface area contributed by atoms with Crippen molar-refractivity contribution in [3.63, 3.8) is 0 Å². The van der Waals surface area contributed by atoms with Crippen LogP contribution in [-0.2, 0) is 13.0 Å². The molecule has 4 N–H and O–H groups in total. The maximum absolute atomic E-state index is 12.2. The molecule has 0 saturated heterocycles. The molecule has 0 aliphatic carbocycles. The topological polar surface area (TPSA) is 135 Å². The second-order valence-electron chi connectivity index (χ2n) is 6.96. The van der Waals surface area contributed by atoms with E-state index in [4.69, 9.17) is 5.73 Å². The molecule has 4 heterocycles. The van der Waals surface area contributed by atoms with Crippen molar-refractivity contribution in [1.82, 2.24) is 29.5 Å². The third-order valence-corrected chi connectivity index (χ3v) is 4.75. The quantitative estimate of drug-likeness (QED) is 0.429. The Balaban J connectivity index is 1.44. The van der Waals surface area contributed by atoms with Gasteiger partial charge >= 0.3 is 5.69 Å². The predicted molar refractivity (Wildman–Crippen MR) is 111 cm³/mol. The summed E-state index contributed by atoms with van der Waals surface area (Å²) in [6.45, 7) is 2.48. The molecule has 0 aliphatic rings. The first-order chi connectivity index (χ1) is 14.0. The summed E-state index contributed by atoms with van der Waals surface area (Å²) < 4.78 is 1.45. The van der Waals surface area contributed by atoms with Crippen molar-refractivity contribution in [2.75, 3.05) is 5.73 Å². The second kappa shape index (κ2) is 7.70. The third kappa shape index (κ3) is 3.93. The van der Waals surface area contributed by atoms with Crippen molar-refractivity contribution in [2.24, 2.45) is 0 Å². The minimum Gasteiger partial charge on any atom is -0.369 e. The van der Waals surface area contributed by atoms with E-state index in [9.17, 15) is 9.59 Å². The zero-order valence-electron chi connectivity index (χ0n) is 16.0. The van der Waals surface area contributed by atoms with Gasteiger partial charge in [0.05, 0.1) is 11.4 Å². The molecule has 9 nitrogen and oxygen atoms in total. The number of imidazole rings is 1. The molecule has 0 aromatic carbocycles. The van der Waals surface area contributed by atoms with Gasteiger partial charge in [-0.2, -0.15) is 4.98 Å². The molecule has 4 aromatic heterocycles. The lowest BCUT2D eigenvalue weighted by Gasteiger charge is -2.06. The molecule has 0 unspecified atom stereocenters. The van der Waals surface area contributed by atoms with Gasteiger partial charge in [0.25, 0.3) is 5.56 Å². The van der Waals surface area contributed by atoms with Crippen LogP contribution in [0.2, 0.25) is 0 Å². The normalized spacial score (nSPS) is 11.2. The van der Waals surface area contributed by atoms with E-state index in [-0.39, 0.29) is 22.8 Å². The van der Waals surface area contributed by atoms with E-state index >= 15 is 0 Å². The first kappa shape index (κ1) is 18.6. The summed E-state index contributed by atoms with van der Waals surface area (Å²) in [5.41, 5.74) is 9.22. The van der Waals surface area contributed by atoms with Gasteiger partial charge in [-0.1, -0.05) is 0 Å². The summed E-state index contributed by atoms with van der Waals surface area (Å²) in [6.07, 6.45) is 6.03. The van der Waals surface area contributed by atoms with E-state index in [1.807, 2.05) is 31.2 Å². The fourth-order valence-electron chi connectivity index (χ4n) is 3.31. The summed E-state index contributed by atoms with van der Waals surface area (Å²) in [4.78, 5) is 41.8. The molecule has 4 aromatic rings. The summed E-state index contributed by atoms with van der Waals surface area (Å²) in [6, 6.07) is 7.99. The highest BCUT2D eigenvalue weighted by Gasteiger charge is 2.12. The Morgan fingerprint density at radius 3 is 2.59 bits per heavy atom. The average Bonchev–Trinajstić information content (AvgIpc) is 3.01. The van der Waals surface area contributed by atoms with E-state index in [0.717, 1.165) is 41.8 Å². The third-order valence-electron chi connectivity index (χ3n) is 4.75. The fraction of sp³-hybridized carbons (Fsp3) is 0.250. The highest BCUT2D eigenvalue weighted by Crippen LogP contribution is 2.17. The zero-order chi connectivity index (χ0) is 20.4. The van der Waals surface area contributed by atoms with E-state index in [0.29, 0.717) is 6.54 Å². The first-order valence-electron chi connectivity index (χ1n) is 9.37. The van der Waals surface area contributed by atoms with E-state index in [2.05, 4.69) is 24.9 Å². The zero-order valence-corrected chi connectivity index (χ0v) is 16.0. The van der Waals surface area contributed by atoms with Crippen molar-refractivity contribution in [3.05, 3.63) is 68.6 Å². The van der Waals surface area contributed by atoms with Crippen LogP contribution in [0.5, 0.6) is 0 Å². The molecule has 0 aliphatic heterocycles. The molecular formula is C20H21N7O2. The molecule has 0 radical (unpaired) electrons. The van der Waals surface area contributed by atoms with Crippen LogP contribution in [0.4, 0.5) is 5.95 Å². The standard InChI is InChI=1S/C20H21N7O2/c1-12-5-7-22-14(10-12)15-11-13(6-8-23-15)4-2-3-9-27-17-16(24-20(27)29)18(28)26-19(21)25-17/h5-8,10-11H,2-4,9H2,1H3,(H,24,29)(H3,21,25,26,28). The highest BCUT2D eigenvalue weighted by atomic mass is 16.2. The maximum atomic E-state index is 12.2. The number of unbranched alkanes of at least 4 members (excludes halogenated alkanes) is 1. The number of nitrogen functional groups attached to an aromatic ring is 1. The van der Waals surface area contributed by atoms with E-state index in [1.54, 1.807) is 12.4 Å². The van der Waals surface area contributed by atoms with Gasteiger partial charge in [0.15, 0.2) is 11.2 Å². The molecular weight excluding hydrogens is 370 g/mol. The summed E-state index contributed by atoms with van der Waals surface area (Å²) in [5, 5.41) is 0. The van der Waals surface area contributed by atoms with Gasteiger partial charge in [-0.25, -0.2) is 4.79 Å². The van der Waals surface area contributed by atoms with Gasteiger partial charge in [0, 0.05) is 18.9 Å². The lowest BCUT2D eigenvalue weighted by atomic mass is 10.1. The minimum atomic E-state index is -0.447. The largest absolute Gasteiger partial charge is 0.369 e. The van der Waals surface area contributed by atoms with Crippen LogP contribution in [0.15, 0.2) is 46.2 Å². The van der Waals surface area contributed by atoms with Crippen LogP contribution in [0.1, 0.15) is 24.0 Å². The number of hydrogen-bond acceptors (Lipinski definition) is 6. The van der Waals surface area contributed by atoms with Crippen LogP contribution >= 0.6 is 0 Å². The van der Waals surface area contributed by atoms with Crippen LogP contribution < -0.4 is 17.0 Å². The number of aryl methyl sites for hydroxylation is 3. The van der Waals surface area contributed by atoms with Crippen LogP contribution in [-0.4, -0.2) is 29.5 Å². The van der Waals surface area contributed by atoms with Gasteiger partial charge in [0.2, 0.25) is 5.95 Å². The predicted octanol–water partition coefficient (Wildman–Crippen LogP) is 1.78. The van der Waals surface area contributed by atoms with Gasteiger partial charge in [0.1, 0.15) is 0 Å². The Morgan fingerprint density at radius 1 is 1.03 bits per heavy atom. The highest BCUT2D eigenvalue weighted by molar-refractivity contribution is 5.70. The number of nitrogens with two attached hydrogens (primary N) is 1. The molecule has 0 spiro atoms. The molecule has 0 atom stereocenters. The number of anilines is 1. The lowest BCUT2D eigenvalue weighted by Crippen LogP contribution is -2.17. The number of hydrogen-bond donors (Lipinski definition) is 3. The van der Waals surface area contributed by atoms with Crippen molar-refractivity contribution >= 4 is 17.1 Å². The lowest BCUT2D eigenvalue weighted by molar-refractivity contribution is 0.604. The maximum Gasteiger partial charge on any atom is 0.327 e. The summed E-state index contributed by atoms with van der Waals surface area (Å²) in [5.74, 6) is -0.00989. The van der Waals surface area contributed by atoms with Crippen molar-refractivity contribution < 1.29 is 0 Å². The molecule has 0 fully saturated rings. The molecule has 4 rings (SSSR count). The van der Waals surface area contributed by atoms with Gasteiger partial charge in [-0.15, -0.1) is 0 Å². The Morgan fingerprint density at radius 2 is 1.79 bits per heavy atom. The number of nitrogens with zero attached hydrogens (tertiary/aromatic N) is 4. The van der Waals surface area contributed by atoms with Crippen molar-refractivity contribution in [1.29, 1.82) is 0 Å². The average molecular weight is 391 g/mol. The first-order valence-corrected chi connectivity index (χ1v) is 9.37. The number of fused-ring (bicyclic) bond motifs is 1. The monoisotopic (exact) mass is 391 g/mol. The second-order valence-corrected chi connectivity index (χ2v) is 6.96.